The van der Waals surface area contributed by atoms with Crippen LogP contribution in [-0.4, -0.2) is 4.98 Å². The Kier molecular flexibility index (Phi) is 3.36. The van der Waals surface area contributed by atoms with E-state index < -0.39 is 0 Å². The third-order valence-electron chi connectivity index (χ3n) is 2.61. The van der Waals surface area contributed by atoms with Crippen molar-refractivity contribution in [2.45, 2.75) is 13.0 Å². The molecule has 0 amide bonds. The van der Waals surface area contributed by atoms with Gasteiger partial charge in [-0.15, -0.1) is 0 Å². The molecule has 1 atom stereocenters. The molecule has 2 nitrogen and oxygen atoms in total. The first-order chi connectivity index (χ1) is 7.68. The highest BCUT2D eigenvalue weighted by Crippen LogP contribution is 2.24. The molecule has 0 spiro atoms. The molecule has 0 radical (unpaired) electrons. The lowest BCUT2D eigenvalue weighted by atomic mass is 9.97. The first-order valence-electron chi connectivity index (χ1n) is 5.10. The maximum Gasteiger partial charge on any atom is 0.0569 e. The van der Waals surface area contributed by atoms with Crippen molar-refractivity contribution in [1.29, 1.82) is 0 Å². The molecule has 82 valence electrons. The molecule has 0 bridgehead atoms. The minimum atomic E-state index is -0.109. The van der Waals surface area contributed by atoms with E-state index in [4.69, 9.17) is 5.73 Å². The maximum absolute atomic E-state index is 6.21. The van der Waals surface area contributed by atoms with E-state index in [1.54, 1.807) is 6.20 Å². The van der Waals surface area contributed by atoms with Crippen LogP contribution in [0, 0.1) is 6.92 Å². The van der Waals surface area contributed by atoms with Gasteiger partial charge in [0.2, 0.25) is 0 Å². The molecule has 0 saturated heterocycles. The van der Waals surface area contributed by atoms with Gasteiger partial charge in [-0.2, -0.15) is 0 Å². The molecule has 1 aromatic heterocycles. The lowest BCUT2D eigenvalue weighted by molar-refractivity contribution is 0.853. The second kappa shape index (κ2) is 4.76. The Balaban J connectivity index is 2.38. The minimum Gasteiger partial charge on any atom is -0.320 e. The number of aryl methyl sites for hydroxylation is 1. The van der Waals surface area contributed by atoms with E-state index in [-0.39, 0.29) is 6.04 Å². The SMILES string of the molecule is Cc1cc(Br)ccc1C(N)c1cccnc1. The number of halogens is 1. The fourth-order valence-electron chi connectivity index (χ4n) is 1.73. The fourth-order valence-corrected chi connectivity index (χ4v) is 2.20. The Morgan fingerprint density at radius 2 is 2.12 bits per heavy atom. The maximum atomic E-state index is 6.21. The lowest BCUT2D eigenvalue weighted by Crippen LogP contribution is -2.13. The largest absolute Gasteiger partial charge is 0.320 e. The van der Waals surface area contributed by atoms with Gasteiger partial charge < -0.3 is 5.73 Å². The van der Waals surface area contributed by atoms with E-state index in [0.29, 0.717) is 0 Å². The van der Waals surface area contributed by atoms with Crippen molar-refractivity contribution in [3.05, 3.63) is 63.9 Å². The average molecular weight is 277 g/mol. The minimum absolute atomic E-state index is 0.109. The fraction of sp³-hybridized carbons (Fsp3) is 0.154. The van der Waals surface area contributed by atoms with Crippen LogP contribution in [0.1, 0.15) is 22.7 Å². The van der Waals surface area contributed by atoms with Gasteiger partial charge in [-0.25, -0.2) is 0 Å². The monoisotopic (exact) mass is 276 g/mol. The third-order valence-corrected chi connectivity index (χ3v) is 3.10. The Labute approximate surface area is 104 Å². The summed E-state index contributed by atoms with van der Waals surface area (Å²) in [5, 5.41) is 0. The van der Waals surface area contributed by atoms with Crippen molar-refractivity contribution >= 4 is 15.9 Å². The number of benzene rings is 1. The molecule has 2 rings (SSSR count). The predicted molar refractivity (Wildman–Crippen MR) is 69.1 cm³/mol. The Morgan fingerprint density at radius 1 is 1.31 bits per heavy atom. The number of hydrogen-bond acceptors (Lipinski definition) is 2. The van der Waals surface area contributed by atoms with Crippen molar-refractivity contribution in [2.24, 2.45) is 5.73 Å². The van der Waals surface area contributed by atoms with Crippen LogP contribution in [0.2, 0.25) is 0 Å². The zero-order valence-electron chi connectivity index (χ0n) is 9.02. The van der Waals surface area contributed by atoms with E-state index in [1.807, 2.05) is 24.4 Å². The van der Waals surface area contributed by atoms with Crippen molar-refractivity contribution in [3.63, 3.8) is 0 Å². The van der Waals surface area contributed by atoms with E-state index in [1.165, 1.54) is 5.56 Å². The summed E-state index contributed by atoms with van der Waals surface area (Å²) in [7, 11) is 0. The second-order valence-electron chi connectivity index (χ2n) is 3.76. The van der Waals surface area contributed by atoms with Gasteiger partial charge in [-0.05, 0) is 41.8 Å². The van der Waals surface area contributed by atoms with Gasteiger partial charge >= 0.3 is 0 Å². The quantitative estimate of drug-likeness (QED) is 0.915. The van der Waals surface area contributed by atoms with Crippen molar-refractivity contribution < 1.29 is 0 Å². The normalized spacial score (nSPS) is 12.4. The molecule has 1 heterocycles. The van der Waals surface area contributed by atoms with Crippen LogP contribution in [0.25, 0.3) is 0 Å². The van der Waals surface area contributed by atoms with Gasteiger partial charge in [0.15, 0.2) is 0 Å². The van der Waals surface area contributed by atoms with E-state index in [2.05, 4.69) is 40.0 Å². The van der Waals surface area contributed by atoms with Gasteiger partial charge in [-0.1, -0.05) is 28.1 Å². The molecule has 0 fully saturated rings. The third kappa shape index (κ3) is 2.31. The standard InChI is InChI=1S/C13H13BrN2/c1-9-7-11(14)4-5-12(9)13(15)10-3-2-6-16-8-10/h2-8,13H,15H2,1H3. The molecule has 2 N–H and O–H groups in total. The number of pyridine rings is 1. The van der Waals surface area contributed by atoms with Crippen LogP contribution in [0.3, 0.4) is 0 Å². The topological polar surface area (TPSA) is 38.9 Å². The molecule has 0 saturated carbocycles. The van der Waals surface area contributed by atoms with E-state index >= 15 is 0 Å². The van der Waals surface area contributed by atoms with Crippen LogP contribution >= 0.6 is 15.9 Å². The summed E-state index contributed by atoms with van der Waals surface area (Å²) in [5.74, 6) is 0. The molecule has 2 aromatic rings. The van der Waals surface area contributed by atoms with Crippen LogP contribution in [-0.2, 0) is 0 Å². The Bertz CT molecular complexity index is 483. The highest BCUT2D eigenvalue weighted by atomic mass is 79.9. The number of nitrogens with two attached hydrogens (primary N) is 1. The first-order valence-corrected chi connectivity index (χ1v) is 5.89. The summed E-state index contributed by atoms with van der Waals surface area (Å²) in [6.07, 6.45) is 3.57. The summed E-state index contributed by atoms with van der Waals surface area (Å²) in [5.41, 5.74) is 9.57. The zero-order valence-corrected chi connectivity index (χ0v) is 10.6. The van der Waals surface area contributed by atoms with Gasteiger partial charge in [0.25, 0.3) is 0 Å². The summed E-state index contributed by atoms with van der Waals surface area (Å²) in [4.78, 5) is 4.09. The van der Waals surface area contributed by atoms with Crippen molar-refractivity contribution in [3.8, 4) is 0 Å². The van der Waals surface area contributed by atoms with Crippen LogP contribution in [0.4, 0.5) is 0 Å². The van der Waals surface area contributed by atoms with Gasteiger partial charge in [0.1, 0.15) is 0 Å². The summed E-state index contributed by atoms with van der Waals surface area (Å²) in [6, 6.07) is 9.94. The van der Waals surface area contributed by atoms with Gasteiger partial charge in [0, 0.05) is 16.9 Å². The molecule has 1 unspecified atom stereocenters. The van der Waals surface area contributed by atoms with Crippen molar-refractivity contribution in [1.82, 2.24) is 4.98 Å². The van der Waals surface area contributed by atoms with Crippen LogP contribution in [0.5, 0.6) is 0 Å². The molecule has 0 aliphatic carbocycles. The summed E-state index contributed by atoms with van der Waals surface area (Å²) < 4.78 is 1.08. The highest BCUT2D eigenvalue weighted by Gasteiger charge is 2.11. The van der Waals surface area contributed by atoms with Gasteiger partial charge in [0.05, 0.1) is 6.04 Å². The molecule has 3 heteroatoms. The Hall–Kier alpha value is -1.19. The number of aromatic nitrogens is 1. The molecular weight excluding hydrogens is 264 g/mol. The number of rotatable bonds is 2. The van der Waals surface area contributed by atoms with E-state index in [9.17, 15) is 0 Å². The molecule has 16 heavy (non-hydrogen) atoms. The second-order valence-corrected chi connectivity index (χ2v) is 4.68. The highest BCUT2D eigenvalue weighted by molar-refractivity contribution is 9.10. The van der Waals surface area contributed by atoms with Crippen molar-refractivity contribution in [2.75, 3.05) is 0 Å². The molecule has 0 aliphatic heterocycles. The number of nitrogens with zero attached hydrogens (tertiary/aromatic N) is 1. The Morgan fingerprint density at radius 3 is 2.75 bits per heavy atom. The predicted octanol–water partition coefficient (Wildman–Crippen LogP) is 3.20. The average Bonchev–Trinajstić information content (AvgIpc) is 2.29. The summed E-state index contributed by atoms with van der Waals surface area (Å²) >= 11 is 3.45. The van der Waals surface area contributed by atoms with Crippen LogP contribution < -0.4 is 5.73 Å². The first kappa shape index (κ1) is 11.3. The molecule has 0 aliphatic rings. The van der Waals surface area contributed by atoms with Gasteiger partial charge in [-0.3, -0.25) is 4.98 Å². The number of hydrogen-bond donors (Lipinski definition) is 1. The van der Waals surface area contributed by atoms with E-state index in [0.717, 1.165) is 15.6 Å². The zero-order chi connectivity index (χ0) is 11.5. The summed E-state index contributed by atoms with van der Waals surface area (Å²) in [6.45, 7) is 2.07. The molecule has 1 aromatic carbocycles. The smallest absolute Gasteiger partial charge is 0.0569 e. The van der Waals surface area contributed by atoms with Crippen LogP contribution in [0.15, 0.2) is 47.2 Å². The molecular formula is C13H13BrN2. The lowest BCUT2D eigenvalue weighted by Gasteiger charge is -2.14.